The van der Waals surface area contributed by atoms with E-state index in [-0.39, 0.29) is 10.8 Å². The van der Waals surface area contributed by atoms with Crippen LogP contribution in [0.5, 0.6) is 0 Å². The first-order valence-electron chi connectivity index (χ1n) is 9.57. The Morgan fingerprint density at radius 2 is 1.48 bits per heavy atom. The van der Waals surface area contributed by atoms with Crippen molar-refractivity contribution in [2.24, 2.45) is 0 Å². The normalized spacial score (nSPS) is 17.5. The van der Waals surface area contributed by atoms with E-state index in [2.05, 4.69) is 0 Å². The summed E-state index contributed by atoms with van der Waals surface area (Å²) in [6.07, 6.45) is 5.12. The molecule has 0 aliphatic carbocycles. The van der Waals surface area contributed by atoms with E-state index >= 15 is 0 Å². The van der Waals surface area contributed by atoms with E-state index in [1.807, 2.05) is 29.2 Å². The molecule has 0 radical (unpaired) electrons. The van der Waals surface area contributed by atoms with Crippen LogP contribution in [0.15, 0.2) is 53.4 Å². The van der Waals surface area contributed by atoms with E-state index in [1.165, 1.54) is 4.31 Å². The van der Waals surface area contributed by atoms with Gasteiger partial charge < -0.3 is 4.90 Å². The molecule has 2 heterocycles. The molecule has 0 aromatic heterocycles. The monoisotopic (exact) mass is 384 g/mol. The first-order valence-corrected chi connectivity index (χ1v) is 11.0. The second-order valence-electron chi connectivity index (χ2n) is 7.19. The van der Waals surface area contributed by atoms with Crippen LogP contribution in [-0.4, -0.2) is 38.9 Å². The summed E-state index contributed by atoms with van der Waals surface area (Å²) in [7, 11) is -3.62. The SMILES string of the molecule is O=C(c1ccc(S(=O)(=O)N2CCc3ccccc32)cc1)N1CCCCCC1. The predicted molar refractivity (Wildman–Crippen MR) is 105 cm³/mol. The molecule has 0 spiro atoms. The molecule has 1 saturated heterocycles. The maximum atomic E-state index is 13.1. The van der Waals surface area contributed by atoms with Crippen molar-refractivity contribution in [1.29, 1.82) is 0 Å². The molecule has 6 heteroatoms. The Bertz CT molecular complexity index is 930. The van der Waals surface area contributed by atoms with E-state index in [4.69, 9.17) is 0 Å². The average Bonchev–Trinajstić information content (AvgIpc) is 2.95. The van der Waals surface area contributed by atoms with Crippen LogP contribution < -0.4 is 4.31 Å². The summed E-state index contributed by atoms with van der Waals surface area (Å²) in [5.74, 6) is -0.00707. The van der Waals surface area contributed by atoms with E-state index in [9.17, 15) is 13.2 Å². The van der Waals surface area contributed by atoms with Crippen LogP contribution in [0.4, 0.5) is 5.69 Å². The van der Waals surface area contributed by atoms with Crippen molar-refractivity contribution in [3.63, 3.8) is 0 Å². The molecule has 2 aliphatic rings. The summed E-state index contributed by atoms with van der Waals surface area (Å²) >= 11 is 0. The Balaban J connectivity index is 1.56. The first kappa shape index (κ1) is 18.0. The predicted octanol–water partition coefficient (Wildman–Crippen LogP) is 3.45. The molecule has 1 fully saturated rings. The van der Waals surface area contributed by atoms with Gasteiger partial charge in [-0.1, -0.05) is 31.0 Å². The van der Waals surface area contributed by atoms with Crippen molar-refractivity contribution < 1.29 is 13.2 Å². The van der Waals surface area contributed by atoms with Crippen molar-refractivity contribution >= 4 is 21.6 Å². The average molecular weight is 385 g/mol. The van der Waals surface area contributed by atoms with E-state index in [0.29, 0.717) is 12.1 Å². The molecule has 142 valence electrons. The minimum Gasteiger partial charge on any atom is -0.339 e. The summed E-state index contributed by atoms with van der Waals surface area (Å²) in [4.78, 5) is 14.8. The molecule has 0 saturated carbocycles. The zero-order valence-electron chi connectivity index (χ0n) is 15.3. The van der Waals surface area contributed by atoms with Crippen LogP contribution in [0.2, 0.25) is 0 Å². The van der Waals surface area contributed by atoms with Crippen molar-refractivity contribution in [2.45, 2.75) is 37.0 Å². The van der Waals surface area contributed by atoms with E-state index in [1.54, 1.807) is 24.3 Å². The maximum absolute atomic E-state index is 13.1. The van der Waals surface area contributed by atoms with Crippen molar-refractivity contribution in [1.82, 2.24) is 4.90 Å². The fourth-order valence-electron chi connectivity index (χ4n) is 3.91. The highest BCUT2D eigenvalue weighted by molar-refractivity contribution is 7.92. The number of likely N-dealkylation sites (tertiary alicyclic amines) is 1. The molecular weight excluding hydrogens is 360 g/mol. The van der Waals surface area contributed by atoms with Crippen LogP contribution >= 0.6 is 0 Å². The Hall–Kier alpha value is -2.34. The number of hydrogen-bond donors (Lipinski definition) is 0. The van der Waals surface area contributed by atoms with Gasteiger partial charge in [0, 0.05) is 25.2 Å². The van der Waals surface area contributed by atoms with E-state index in [0.717, 1.165) is 56.4 Å². The van der Waals surface area contributed by atoms with Gasteiger partial charge in [0.1, 0.15) is 0 Å². The first-order chi connectivity index (χ1) is 13.1. The summed E-state index contributed by atoms with van der Waals surface area (Å²) in [6.45, 7) is 2.02. The highest BCUT2D eigenvalue weighted by atomic mass is 32.2. The molecular formula is C21H24N2O3S. The molecule has 0 N–H and O–H groups in total. The number of para-hydroxylation sites is 1. The van der Waals surface area contributed by atoms with Crippen LogP contribution in [0.1, 0.15) is 41.6 Å². The largest absolute Gasteiger partial charge is 0.339 e. The van der Waals surface area contributed by atoms with Crippen LogP contribution in [0.3, 0.4) is 0 Å². The van der Waals surface area contributed by atoms with E-state index < -0.39 is 10.0 Å². The molecule has 0 atom stereocenters. The Morgan fingerprint density at radius 1 is 0.815 bits per heavy atom. The zero-order valence-corrected chi connectivity index (χ0v) is 16.1. The van der Waals surface area contributed by atoms with Crippen molar-refractivity contribution in [3.8, 4) is 0 Å². The summed E-state index contributed by atoms with van der Waals surface area (Å²) in [5, 5.41) is 0. The number of hydrogen-bond acceptors (Lipinski definition) is 3. The summed E-state index contributed by atoms with van der Waals surface area (Å²) in [5.41, 5.74) is 2.36. The molecule has 0 unspecified atom stereocenters. The minimum absolute atomic E-state index is 0.00707. The quantitative estimate of drug-likeness (QED) is 0.814. The molecule has 0 bridgehead atoms. The standard InChI is InChI=1S/C21H24N2O3S/c24-21(22-14-5-1-2-6-15-22)18-9-11-19(12-10-18)27(25,26)23-16-13-17-7-3-4-8-20(17)23/h3-4,7-12H,1-2,5-6,13-16H2. The van der Waals surface area contributed by atoms with Gasteiger partial charge in [0.2, 0.25) is 0 Å². The number of amides is 1. The smallest absolute Gasteiger partial charge is 0.264 e. The second-order valence-corrected chi connectivity index (χ2v) is 9.05. The second kappa shape index (κ2) is 7.35. The lowest BCUT2D eigenvalue weighted by Crippen LogP contribution is -2.32. The fourth-order valence-corrected chi connectivity index (χ4v) is 5.41. The molecule has 2 aromatic carbocycles. The maximum Gasteiger partial charge on any atom is 0.264 e. The van der Waals surface area contributed by atoms with Gasteiger partial charge in [-0.05, 0) is 55.2 Å². The van der Waals surface area contributed by atoms with Gasteiger partial charge in [-0.25, -0.2) is 8.42 Å². The topological polar surface area (TPSA) is 57.7 Å². The Morgan fingerprint density at radius 3 is 2.19 bits per heavy atom. The molecule has 4 rings (SSSR count). The van der Waals surface area contributed by atoms with Crippen molar-refractivity contribution in [3.05, 3.63) is 59.7 Å². The lowest BCUT2D eigenvalue weighted by Gasteiger charge is -2.21. The molecule has 5 nitrogen and oxygen atoms in total. The van der Waals surface area contributed by atoms with Gasteiger partial charge in [-0.15, -0.1) is 0 Å². The Kier molecular flexibility index (Phi) is 4.91. The highest BCUT2D eigenvalue weighted by Gasteiger charge is 2.30. The van der Waals surface area contributed by atoms with Crippen LogP contribution in [-0.2, 0) is 16.4 Å². The van der Waals surface area contributed by atoms with Gasteiger partial charge in [-0.2, -0.15) is 0 Å². The number of anilines is 1. The van der Waals surface area contributed by atoms with Gasteiger partial charge in [0.05, 0.1) is 10.6 Å². The third kappa shape index (κ3) is 3.46. The third-order valence-electron chi connectivity index (χ3n) is 5.43. The fraction of sp³-hybridized carbons (Fsp3) is 0.381. The summed E-state index contributed by atoms with van der Waals surface area (Å²) in [6, 6.07) is 14.0. The number of sulfonamides is 1. The number of rotatable bonds is 3. The molecule has 2 aliphatic heterocycles. The van der Waals surface area contributed by atoms with Crippen LogP contribution in [0.25, 0.3) is 0 Å². The molecule has 2 aromatic rings. The number of carbonyl (C=O) groups is 1. The number of nitrogens with zero attached hydrogens (tertiary/aromatic N) is 2. The zero-order chi connectivity index (χ0) is 18.9. The lowest BCUT2D eigenvalue weighted by molar-refractivity contribution is 0.0761. The number of carbonyl (C=O) groups excluding carboxylic acids is 1. The van der Waals surface area contributed by atoms with Gasteiger partial charge in [0.25, 0.3) is 15.9 Å². The van der Waals surface area contributed by atoms with Gasteiger partial charge in [-0.3, -0.25) is 9.10 Å². The molecule has 1 amide bonds. The minimum atomic E-state index is -3.62. The number of fused-ring (bicyclic) bond motifs is 1. The van der Waals surface area contributed by atoms with Crippen LogP contribution in [0, 0.1) is 0 Å². The lowest BCUT2D eigenvalue weighted by atomic mass is 10.2. The highest BCUT2D eigenvalue weighted by Crippen LogP contribution is 2.32. The Labute approximate surface area is 160 Å². The van der Waals surface area contributed by atoms with Crippen molar-refractivity contribution in [2.75, 3.05) is 23.9 Å². The van der Waals surface area contributed by atoms with Gasteiger partial charge in [0.15, 0.2) is 0 Å². The third-order valence-corrected chi connectivity index (χ3v) is 7.25. The number of benzene rings is 2. The molecule has 27 heavy (non-hydrogen) atoms. The van der Waals surface area contributed by atoms with Gasteiger partial charge >= 0.3 is 0 Å². The summed E-state index contributed by atoms with van der Waals surface area (Å²) < 4.78 is 27.6.